The van der Waals surface area contributed by atoms with Crippen molar-refractivity contribution in [2.75, 3.05) is 39.3 Å². The van der Waals surface area contributed by atoms with Gasteiger partial charge in [-0.15, -0.1) is 24.5 Å². The number of piperidine rings is 1. The van der Waals surface area contributed by atoms with E-state index in [-0.39, 0.29) is 4.90 Å². The van der Waals surface area contributed by atoms with Crippen LogP contribution in [0.5, 0.6) is 23.0 Å². The fraction of sp³-hybridized carbons (Fsp3) is 0.400. The molecule has 0 saturated carbocycles. The van der Waals surface area contributed by atoms with Gasteiger partial charge in [0.15, 0.2) is 26.5 Å². The maximum Gasteiger partial charge on any atom is 0.573 e. The number of nitrogens with zero attached hydrogens (tertiary/aromatic N) is 2. The molecular weight excluding hydrogens is 545 g/mol. The maximum absolute atomic E-state index is 13.1. The van der Waals surface area contributed by atoms with Crippen molar-refractivity contribution >= 4 is 26.3 Å². The van der Waals surface area contributed by atoms with E-state index in [1.807, 2.05) is 17.5 Å². The lowest BCUT2D eigenvalue weighted by Gasteiger charge is -2.31. The van der Waals surface area contributed by atoms with Crippen LogP contribution in [0.15, 0.2) is 46.7 Å². The van der Waals surface area contributed by atoms with Crippen LogP contribution >= 0.6 is 11.3 Å². The van der Waals surface area contributed by atoms with Gasteiger partial charge in [-0.2, -0.15) is 0 Å². The highest BCUT2D eigenvalue weighted by atomic mass is 32.2. The second kappa shape index (κ2) is 11.3. The Balaban J connectivity index is 1.39. The van der Waals surface area contributed by atoms with Gasteiger partial charge in [0.1, 0.15) is 5.75 Å². The number of halogens is 3. The first-order chi connectivity index (χ1) is 18.0. The second-order valence-electron chi connectivity index (χ2n) is 8.58. The van der Waals surface area contributed by atoms with Gasteiger partial charge in [0.2, 0.25) is 5.75 Å². The third-order valence-electron chi connectivity index (χ3n) is 6.19. The SMILES string of the molecule is COc1cc(Cc2csc(N3CCC(S(=O)(=O)c4ccc(OC(F)(F)F)cc4)CC3)n2)cc(OC)c1OC. The molecule has 1 fully saturated rings. The molecule has 1 aliphatic heterocycles. The average Bonchev–Trinajstić information content (AvgIpc) is 3.36. The molecule has 3 aromatic rings. The maximum atomic E-state index is 13.1. The highest BCUT2D eigenvalue weighted by molar-refractivity contribution is 7.92. The number of hydrogen-bond donors (Lipinski definition) is 0. The highest BCUT2D eigenvalue weighted by Gasteiger charge is 2.33. The number of hydrogen-bond acceptors (Lipinski definition) is 9. The molecule has 0 amide bonds. The predicted octanol–water partition coefficient (Wildman–Crippen LogP) is 5.10. The Morgan fingerprint density at radius 3 is 2.13 bits per heavy atom. The summed E-state index contributed by atoms with van der Waals surface area (Å²) in [4.78, 5) is 6.77. The third kappa shape index (κ3) is 6.26. The summed E-state index contributed by atoms with van der Waals surface area (Å²) in [5, 5.41) is 2.13. The molecule has 13 heteroatoms. The first kappa shape index (κ1) is 27.8. The van der Waals surface area contributed by atoms with Gasteiger partial charge in [0.05, 0.1) is 37.2 Å². The summed E-state index contributed by atoms with van der Waals surface area (Å²) in [5.41, 5.74) is 1.79. The molecule has 0 N–H and O–H groups in total. The highest BCUT2D eigenvalue weighted by Crippen LogP contribution is 2.39. The van der Waals surface area contributed by atoms with Gasteiger partial charge < -0.3 is 23.8 Å². The molecule has 1 aliphatic rings. The van der Waals surface area contributed by atoms with Crippen LogP contribution < -0.4 is 23.8 Å². The number of thiazole rings is 1. The fourth-order valence-corrected chi connectivity index (χ4v) is 6.96. The van der Waals surface area contributed by atoms with Crippen molar-refractivity contribution in [1.29, 1.82) is 0 Å². The zero-order valence-corrected chi connectivity index (χ0v) is 22.6. The normalized spacial score (nSPS) is 14.8. The van der Waals surface area contributed by atoms with Crippen LogP contribution in [0.4, 0.5) is 18.3 Å². The molecule has 206 valence electrons. The largest absolute Gasteiger partial charge is 0.573 e. The van der Waals surface area contributed by atoms with Gasteiger partial charge in [-0.1, -0.05) is 0 Å². The lowest BCUT2D eigenvalue weighted by Crippen LogP contribution is -2.39. The number of aromatic nitrogens is 1. The Hall–Kier alpha value is -3.19. The Morgan fingerprint density at radius 2 is 1.61 bits per heavy atom. The van der Waals surface area contributed by atoms with Crippen LogP contribution in [-0.4, -0.2) is 59.4 Å². The molecule has 0 aliphatic carbocycles. The van der Waals surface area contributed by atoms with Crippen LogP contribution in [-0.2, 0) is 16.3 Å². The molecule has 0 bridgehead atoms. The van der Waals surface area contributed by atoms with Crippen molar-refractivity contribution in [3.8, 4) is 23.0 Å². The molecule has 0 radical (unpaired) electrons. The molecule has 1 saturated heterocycles. The monoisotopic (exact) mass is 572 g/mol. The first-order valence-electron chi connectivity index (χ1n) is 11.6. The zero-order valence-electron chi connectivity index (χ0n) is 20.9. The Bertz CT molecular complexity index is 1330. The molecule has 38 heavy (non-hydrogen) atoms. The van der Waals surface area contributed by atoms with Crippen molar-refractivity contribution in [2.24, 2.45) is 0 Å². The number of methoxy groups -OCH3 is 3. The van der Waals surface area contributed by atoms with E-state index in [4.69, 9.17) is 19.2 Å². The minimum absolute atomic E-state index is 0.0210. The zero-order chi connectivity index (χ0) is 27.5. The molecule has 2 heterocycles. The predicted molar refractivity (Wildman–Crippen MR) is 137 cm³/mol. The first-order valence-corrected chi connectivity index (χ1v) is 14.0. The number of benzene rings is 2. The Labute approximate surface area is 222 Å². The van der Waals surface area contributed by atoms with Gasteiger partial charge in [-0.05, 0) is 54.8 Å². The van der Waals surface area contributed by atoms with E-state index < -0.39 is 27.2 Å². The van der Waals surface area contributed by atoms with Crippen molar-refractivity contribution < 1.29 is 40.5 Å². The fourth-order valence-electron chi connectivity index (χ4n) is 4.35. The number of alkyl halides is 3. The number of sulfone groups is 1. The molecule has 4 rings (SSSR count). The molecule has 1 aromatic heterocycles. The number of rotatable bonds is 9. The molecule has 0 atom stereocenters. The van der Waals surface area contributed by atoms with E-state index in [1.54, 1.807) is 21.3 Å². The topological polar surface area (TPSA) is 87.2 Å². The molecule has 8 nitrogen and oxygen atoms in total. The van der Waals surface area contributed by atoms with Crippen LogP contribution in [0, 0.1) is 0 Å². The van der Waals surface area contributed by atoms with Gasteiger partial charge in [0, 0.05) is 24.9 Å². The summed E-state index contributed by atoms with van der Waals surface area (Å²) < 4.78 is 83.3. The average molecular weight is 573 g/mol. The molecule has 2 aromatic carbocycles. The minimum Gasteiger partial charge on any atom is -0.493 e. The minimum atomic E-state index is -4.84. The second-order valence-corrected chi connectivity index (χ2v) is 11.6. The lowest BCUT2D eigenvalue weighted by atomic mass is 10.1. The van der Waals surface area contributed by atoms with Crippen LogP contribution in [0.2, 0.25) is 0 Å². The number of anilines is 1. The summed E-state index contributed by atoms with van der Waals surface area (Å²) in [5.74, 6) is 1.17. The van der Waals surface area contributed by atoms with Crippen molar-refractivity contribution in [3.05, 3.63) is 53.0 Å². The lowest BCUT2D eigenvalue weighted by molar-refractivity contribution is -0.274. The quantitative estimate of drug-likeness (QED) is 0.350. The molecular formula is C25H27F3N2O6S2. The van der Waals surface area contributed by atoms with Gasteiger partial charge >= 0.3 is 6.36 Å². The summed E-state index contributed by atoms with van der Waals surface area (Å²) in [7, 11) is 0.966. The van der Waals surface area contributed by atoms with Crippen LogP contribution in [0.3, 0.4) is 0 Å². The summed E-state index contributed by atoms with van der Waals surface area (Å²) in [6, 6.07) is 8.08. The van der Waals surface area contributed by atoms with E-state index in [0.29, 0.717) is 49.6 Å². The van der Waals surface area contributed by atoms with E-state index in [1.165, 1.54) is 11.3 Å². The van der Waals surface area contributed by atoms with Crippen molar-refractivity contribution in [3.63, 3.8) is 0 Å². The van der Waals surface area contributed by atoms with Crippen molar-refractivity contribution in [1.82, 2.24) is 4.98 Å². The van der Waals surface area contributed by atoms with E-state index in [9.17, 15) is 21.6 Å². The Kier molecular flexibility index (Phi) is 8.26. The summed E-state index contributed by atoms with van der Waals surface area (Å²) >= 11 is 1.49. The van der Waals surface area contributed by atoms with Gasteiger partial charge in [-0.25, -0.2) is 13.4 Å². The number of ether oxygens (including phenoxy) is 4. The van der Waals surface area contributed by atoms with Gasteiger partial charge in [-0.3, -0.25) is 0 Å². The third-order valence-corrected chi connectivity index (χ3v) is 9.42. The van der Waals surface area contributed by atoms with Crippen molar-refractivity contribution in [2.45, 2.75) is 35.8 Å². The smallest absolute Gasteiger partial charge is 0.493 e. The Morgan fingerprint density at radius 1 is 1.00 bits per heavy atom. The van der Waals surface area contributed by atoms with E-state index >= 15 is 0 Å². The van der Waals surface area contributed by atoms with E-state index in [2.05, 4.69) is 9.64 Å². The van der Waals surface area contributed by atoms with Gasteiger partial charge in [0.25, 0.3) is 0 Å². The molecule has 0 spiro atoms. The van der Waals surface area contributed by atoms with Crippen LogP contribution in [0.1, 0.15) is 24.1 Å². The standard InChI is InChI=1S/C25H27F3N2O6S2/c1-33-21-13-16(14-22(34-2)23(21)35-3)12-17-15-37-24(29-17)30-10-8-20(9-11-30)38(31,32)19-6-4-18(5-7-19)36-25(26,27)28/h4-7,13-15,20H,8-12H2,1-3H3. The summed E-state index contributed by atoms with van der Waals surface area (Å²) in [6.07, 6.45) is -3.53. The molecule has 0 unspecified atom stereocenters. The summed E-state index contributed by atoms with van der Waals surface area (Å²) in [6.45, 7) is 0.993. The van der Waals surface area contributed by atoms with Crippen LogP contribution in [0.25, 0.3) is 0 Å². The van der Waals surface area contributed by atoms with E-state index in [0.717, 1.165) is 40.7 Å².